The predicted molar refractivity (Wildman–Crippen MR) is 51.7 cm³/mol. The van der Waals surface area contributed by atoms with Gasteiger partial charge in [0.2, 0.25) is 0 Å². The fourth-order valence-corrected chi connectivity index (χ4v) is 0.977. The van der Waals surface area contributed by atoms with Crippen molar-refractivity contribution in [3.63, 3.8) is 0 Å². The Labute approximate surface area is 93.9 Å². The van der Waals surface area contributed by atoms with E-state index in [1.54, 1.807) is 0 Å². The van der Waals surface area contributed by atoms with Crippen LogP contribution in [0.1, 0.15) is 10.4 Å². The number of aromatic nitrogens is 1. The highest BCUT2D eigenvalue weighted by atomic mass is 19.4. The highest BCUT2D eigenvalue weighted by Gasteiger charge is 2.37. The molecule has 1 atom stereocenters. The summed E-state index contributed by atoms with van der Waals surface area (Å²) in [4.78, 5) is 14.2. The van der Waals surface area contributed by atoms with Gasteiger partial charge in [-0.05, 0) is 12.1 Å². The van der Waals surface area contributed by atoms with Crippen LogP contribution in [-0.2, 0) is 0 Å². The van der Waals surface area contributed by atoms with Crippen LogP contribution in [-0.4, -0.2) is 40.0 Å². The highest BCUT2D eigenvalue weighted by Crippen LogP contribution is 2.20. The molecule has 0 fully saturated rings. The summed E-state index contributed by atoms with van der Waals surface area (Å²) in [6.45, 7) is -0.792. The molecule has 0 radical (unpaired) electrons. The molecule has 0 aromatic carbocycles. The van der Waals surface area contributed by atoms with Gasteiger partial charge in [-0.25, -0.2) is 9.78 Å². The summed E-state index contributed by atoms with van der Waals surface area (Å²) in [5.41, 5.74) is -0.107. The number of hydrogen-bond acceptors (Lipinski definition) is 4. The van der Waals surface area contributed by atoms with Crippen molar-refractivity contribution in [2.24, 2.45) is 0 Å². The number of aliphatic hydroxyl groups excluding tert-OH is 1. The maximum atomic E-state index is 12.0. The van der Waals surface area contributed by atoms with E-state index in [-0.39, 0.29) is 11.4 Å². The quantitative estimate of drug-likeness (QED) is 0.745. The van der Waals surface area contributed by atoms with Gasteiger partial charge in [-0.15, -0.1) is 0 Å². The molecule has 0 spiro atoms. The SMILES string of the molecule is O=C(O)c1ccnc(NCC(O)C(F)(F)F)c1. The van der Waals surface area contributed by atoms with Crippen LogP contribution < -0.4 is 5.32 Å². The number of rotatable bonds is 4. The average molecular weight is 250 g/mol. The summed E-state index contributed by atoms with van der Waals surface area (Å²) in [6, 6.07) is 2.28. The third-order valence-corrected chi connectivity index (χ3v) is 1.86. The predicted octanol–water partition coefficient (Wildman–Crippen LogP) is 1.11. The number of aromatic carboxylic acids is 1. The first-order chi connectivity index (χ1) is 7.80. The van der Waals surface area contributed by atoms with E-state index in [2.05, 4.69) is 10.3 Å². The number of carboxylic acids is 1. The van der Waals surface area contributed by atoms with Crippen LogP contribution in [0.5, 0.6) is 0 Å². The highest BCUT2D eigenvalue weighted by molar-refractivity contribution is 5.88. The molecular formula is C9H9F3N2O3. The Kier molecular flexibility index (Phi) is 3.89. The summed E-state index contributed by atoms with van der Waals surface area (Å²) in [5.74, 6) is -1.26. The van der Waals surface area contributed by atoms with Crippen molar-refractivity contribution in [2.75, 3.05) is 11.9 Å². The van der Waals surface area contributed by atoms with Crippen molar-refractivity contribution in [1.29, 1.82) is 0 Å². The van der Waals surface area contributed by atoms with Crippen molar-refractivity contribution in [2.45, 2.75) is 12.3 Å². The Bertz CT molecular complexity index is 409. The number of anilines is 1. The van der Waals surface area contributed by atoms with Gasteiger partial charge in [0, 0.05) is 6.20 Å². The van der Waals surface area contributed by atoms with Gasteiger partial charge in [0.15, 0.2) is 6.10 Å². The topological polar surface area (TPSA) is 82.5 Å². The normalized spacial score (nSPS) is 13.2. The van der Waals surface area contributed by atoms with E-state index in [0.29, 0.717) is 0 Å². The number of pyridine rings is 1. The Balaban J connectivity index is 2.64. The lowest BCUT2D eigenvalue weighted by Crippen LogP contribution is -2.35. The molecule has 3 N–H and O–H groups in total. The second-order valence-electron chi connectivity index (χ2n) is 3.17. The van der Waals surface area contributed by atoms with Crippen molar-refractivity contribution in [3.8, 4) is 0 Å². The molecule has 94 valence electrons. The minimum Gasteiger partial charge on any atom is -0.478 e. The lowest BCUT2D eigenvalue weighted by molar-refractivity contribution is -0.198. The second-order valence-corrected chi connectivity index (χ2v) is 3.17. The van der Waals surface area contributed by atoms with Crippen LogP contribution in [0.4, 0.5) is 19.0 Å². The Morgan fingerprint density at radius 1 is 1.53 bits per heavy atom. The molecule has 0 aliphatic rings. The zero-order valence-electron chi connectivity index (χ0n) is 8.40. The Morgan fingerprint density at radius 2 is 2.18 bits per heavy atom. The first-order valence-corrected chi connectivity index (χ1v) is 4.48. The van der Waals surface area contributed by atoms with Gasteiger partial charge in [-0.3, -0.25) is 0 Å². The minimum atomic E-state index is -4.72. The minimum absolute atomic E-state index is 0.0480. The molecule has 0 amide bonds. The second kappa shape index (κ2) is 5.00. The number of nitrogens with zero attached hydrogens (tertiary/aromatic N) is 1. The van der Waals surface area contributed by atoms with Crippen LogP contribution in [0, 0.1) is 0 Å². The van der Waals surface area contributed by atoms with E-state index in [9.17, 15) is 18.0 Å². The summed E-state index contributed by atoms with van der Waals surface area (Å²) < 4.78 is 35.9. The van der Waals surface area contributed by atoms with E-state index >= 15 is 0 Å². The van der Waals surface area contributed by atoms with E-state index < -0.39 is 24.8 Å². The molecular weight excluding hydrogens is 241 g/mol. The molecule has 1 aromatic rings. The first kappa shape index (κ1) is 13.2. The fourth-order valence-electron chi connectivity index (χ4n) is 0.977. The maximum absolute atomic E-state index is 12.0. The number of alkyl halides is 3. The largest absolute Gasteiger partial charge is 0.478 e. The van der Waals surface area contributed by atoms with Crippen LogP contribution in [0.15, 0.2) is 18.3 Å². The molecule has 0 aliphatic heterocycles. The summed E-state index contributed by atoms with van der Waals surface area (Å²) in [6.07, 6.45) is -6.11. The molecule has 0 saturated carbocycles. The standard InChI is InChI=1S/C9H9F3N2O3/c10-9(11,12)6(15)4-14-7-3-5(8(16)17)1-2-13-7/h1-3,6,15H,4H2,(H,13,14)(H,16,17). The van der Waals surface area contributed by atoms with Gasteiger partial charge in [0.25, 0.3) is 0 Å². The molecule has 0 bridgehead atoms. The molecule has 1 aromatic heterocycles. The number of nitrogens with one attached hydrogen (secondary N) is 1. The summed E-state index contributed by atoms with van der Waals surface area (Å²) in [5, 5.41) is 19.5. The van der Waals surface area contributed by atoms with Gasteiger partial charge in [-0.2, -0.15) is 13.2 Å². The van der Waals surface area contributed by atoms with Crippen molar-refractivity contribution in [3.05, 3.63) is 23.9 Å². The Hall–Kier alpha value is -1.83. The smallest absolute Gasteiger partial charge is 0.416 e. The molecule has 1 rings (SSSR count). The van der Waals surface area contributed by atoms with Crippen LogP contribution in [0.3, 0.4) is 0 Å². The van der Waals surface area contributed by atoms with E-state index in [4.69, 9.17) is 10.2 Å². The van der Waals surface area contributed by atoms with E-state index in [1.807, 2.05) is 0 Å². The van der Waals surface area contributed by atoms with Crippen molar-refractivity contribution < 1.29 is 28.2 Å². The summed E-state index contributed by atoms with van der Waals surface area (Å²) in [7, 11) is 0. The average Bonchev–Trinajstić information content (AvgIpc) is 2.25. The summed E-state index contributed by atoms with van der Waals surface area (Å²) >= 11 is 0. The molecule has 17 heavy (non-hydrogen) atoms. The van der Waals surface area contributed by atoms with Gasteiger partial charge in [0.1, 0.15) is 5.82 Å². The van der Waals surface area contributed by atoms with Gasteiger partial charge < -0.3 is 15.5 Å². The number of hydrogen-bond donors (Lipinski definition) is 3. The lowest BCUT2D eigenvalue weighted by atomic mass is 10.2. The first-order valence-electron chi connectivity index (χ1n) is 4.48. The van der Waals surface area contributed by atoms with Crippen LogP contribution in [0.2, 0.25) is 0 Å². The molecule has 8 heteroatoms. The number of carboxylic acid groups (broad SMARTS) is 1. The zero-order chi connectivity index (χ0) is 13.1. The number of halogens is 3. The molecule has 1 unspecified atom stereocenters. The zero-order valence-corrected chi connectivity index (χ0v) is 8.40. The monoisotopic (exact) mass is 250 g/mol. The number of carbonyl (C=O) groups is 1. The van der Waals surface area contributed by atoms with Crippen LogP contribution >= 0.6 is 0 Å². The fraction of sp³-hybridized carbons (Fsp3) is 0.333. The molecule has 1 heterocycles. The third kappa shape index (κ3) is 3.91. The van der Waals surface area contributed by atoms with Crippen molar-refractivity contribution in [1.82, 2.24) is 4.98 Å². The third-order valence-electron chi connectivity index (χ3n) is 1.86. The van der Waals surface area contributed by atoms with Gasteiger partial charge >= 0.3 is 12.1 Å². The van der Waals surface area contributed by atoms with Crippen molar-refractivity contribution >= 4 is 11.8 Å². The Morgan fingerprint density at radius 3 is 2.71 bits per heavy atom. The number of aliphatic hydroxyl groups is 1. The van der Waals surface area contributed by atoms with Crippen LogP contribution in [0.25, 0.3) is 0 Å². The van der Waals surface area contributed by atoms with E-state index in [0.717, 1.165) is 12.3 Å². The molecule has 0 saturated heterocycles. The molecule has 5 nitrogen and oxygen atoms in total. The maximum Gasteiger partial charge on any atom is 0.416 e. The van der Waals surface area contributed by atoms with E-state index in [1.165, 1.54) is 6.07 Å². The van der Waals surface area contributed by atoms with Gasteiger partial charge in [-0.1, -0.05) is 0 Å². The molecule has 0 aliphatic carbocycles. The van der Waals surface area contributed by atoms with Gasteiger partial charge in [0.05, 0.1) is 12.1 Å². The lowest BCUT2D eigenvalue weighted by Gasteiger charge is -2.15.